The molecule has 2 aromatic rings. The molecule has 0 aliphatic heterocycles. The normalized spacial score (nSPS) is 12.3. The standard InChI is InChI=1S/C15H17NO2/c1-18-15(17)10-14(16)9-11-6-7-12-4-2-3-5-13(12)8-11/h2-8,14H,9-10,16H2,1H3. The number of esters is 1. The van der Waals surface area contributed by atoms with E-state index in [1.165, 1.54) is 17.9 Å². The zero-order valence-corrected chi connectivity index (χ0v) is 10.4. The lowest BCUT2D eigenvalue weighted by molar-refractivity contribution is -0.140. The van der Waals surface area contributed by atoms with Crippen LogP contribution in [0.5, 0.6) is 0 Å². The number of ether oxygens (including phenoxy) is 1. The lowest BCUT2D eigenvalue weighted by Gasteiger charge is -2.10. The summed E-state index contributed by atoms with van der Waals surface area (Å²) in [6, 6.07) is 14.2. The monoisotopic (exact) mass is 243 g/mol. The van der Waals surface area contributed by atoms with Crippen molar-refractivity contribution in [3.63, 3.8) is 0 Å². The van der Waals surface area contributed by atoms with Crippen molar-refractivity contribution < 1.29 is 9.53 Å². The van der Waals surface area contributed by atoms with E-state index in [0.29, 0.717) is 6.42 Å². The molecule has 2 rings (SSSR count). The maximum atomic E-state index is 11.1. The number of hydrogen-bond donors (Lipinski definition) is 1. The van der Waals surface area contributed by atoms with Crippen LogP contribution in [0, 0.1) is 0 Å². The first-order chi connectivity index (χ1) is 8.69. The highest BCUT2D eigenvalue weighted by Gasteiger charge is 2.10. The Kier molecular flexibility index (Phi) is 3.95. The predicted octanol–water partition coefficient (Wildman–Crippen LogP) is 2.27. The molecule has 0 radical (unpaired) electrons. The number of benzene rings is 2. The van der Waals surface area contributed by atoms with Gasteiger partial charge in [0, 0.05) is 6.04 Å². The molecule has 1 unspecified atom stereocenters. The zero-order chi connectivity index (χ0) is 13.0. The fraction of sp³-hybridized carbons (Fsp3) is 0.267. The smallest absolute Gasteiger partial charge is 0.307 e. The summed E-state index contributed by atoms with van der Waals surface area (Å²) in [5.74, 6) is -0.261. The van der Waals surface area contributed by atoms with E-state index < -0.39 is 0 Å². The molecule has 2 N–H and O–H groups in total. The molecule has 0 saturated heterocycles. The molecule has 0 bridgehead atoms. The van der Waals surface area contributed by atoms with Gasteiger partial charge < -0.3 is 10.5 Å². The molecule has 0 spiro atoms. The quantitative estimate of drug-likeness (QED) is 0.838. The number of carbonyl (C=O) groups excluding carboxylic acids is 1. The van der Waals surface area contributed by atoms with Crippen LogP contribution in [0.1, 0.15) is 12.0 Å². The minimum absolute atomic E-state index is 0.196. The summed E-state index contributed by atoms with van der Waals surface area (Å²) in [7, 11) is 1.38. The van der Waals surface area contributed by atoms with Crippen LogP contribution in [0.3, 0.4) is 0 Å². The number of fused-ring (bicyclic) bond motifs is 1. The summed E-state index contributed by atoms with van der Waals surface area (Å²) >= 11 is 0. The number of nitrogens with two attached hydrogens (primary N) is 1. The minimum Gasteiger partial charge on any atom is -0.469 e. The Morgan fingerprint density at radius 3 is 2.67 bits per heavy atom. The third-order valence-corrected chi connectivity index (χ3v) is 2.97. The molecule has 1 atom stereocenters. The maximum absolute atomic E-state index is 11.1. The molecule has 2 aromatic carbocycles. The molecule has 0 amide bonds. The summed E-state index contributed by atoms with van der Waals surface area (Å²) in [5, 5.41) is 2.41. The topological polar surface area (TPSA) is 52.3 Å². The van der Waals surface area contributed by atoms with Crippen LogP contribution in [0.25, 0.3) is 10.8 Å². The Bertz CT molecular complexity index is 551. The van der Waals surface area contributed by atoms with Gasteiger partial charge >= 0.3 is 5.97 Å². The zero-order valence-electron chi connectivity index (χ0n) is 10.4. The molecule has 0 fully saturated rings. The summed E-state index contributed by atoms with van der Waals surface area (Å²) in [6.07, 6.45) is 0.934. The van der Waals surface area contributed by atoms with Crippen LogP contribution in [-0.2, 0) is 16.0 Å². The average Bonchev–Trinajstić information content (AvgIpc) is 2.38. The van der Waals surface area contributed by atoms with Gasteiger partial charge in [-0.25, -0.2) is 0 Å². The van der Waals surface area contributed by atoms with Crippen LogP contribution >= 0.6 is 0 Å². The second-order valence-corrected chi connectivity index (χ2v) is 4.43. The van der Waals surface area contributed by atoms with Gasteiger partial charge in [0.15, 0.2) is 0 Å². The first-order valence-corrected chi connectivity index (χ1v) is 5.99. The van der Waals surface area contributed by atoms with Crippen LogP contribution in [0.2, 0.25) is 0 Å². The van der Waals surface area contributed by atoms with Crippen LogP contribution in [0.4, 0.5) is 0 Å². The molecule has 3 heteroatoms. The van der Waals surface area contributed by atoms with E-state index in [2.05, 4.69) is 35.1 Å². The summed E-state index contributed by atoms with van der Waals surface area (Å²) in [6.45, 7) is 0. The van der Waals surface area contributed by atoms with Crippen molar-refractivity contribution in [3.05, 3.63) is 48.0 Å². The molecular weight excluding hydrogens is 226 g/mol. The van der Waals surface area contributed by atoms with Crippen molar-refractivity contribution in [2.45, 2.75) is 18.9 Å². The van der Waals surface area contributed by atoms with Gasteiger partial charge in [-0.05, 0) is 22.8 Å². The Hall–Kier alpha value is -1.87. The van der Waals surface area contributed by atoms with Gasteiger partial charge in [-0.15, -0.1) is 0 Å². The Morgan fingerprint density at radius 2 is 1.94 bits per heavy atom. The molecule has 18 heavy (non-hydrogen) atoms. The third-order valence-electron chi connectivity index (χ3n) is 2.97. The molecule has 0 aliphatic carbocycles. The maximum Gasteiger partial charge on any atom is 0.307 e. The fourth-order valence-corrected chi connectivity index (χ4v) is 2.04. The van der Waals surface area contributed by atoms with Crippen molar-refractivity contribution in [2.24, 2.45) is 5.73 Å². The summed E-state index contributed by atoms with van der Waals surface area (Å²) < 4.78 is 4.61. The highest BCUT2D eigenvalue weighted by atomic mass is 16.5. The SMILES string of the molecule is COC(=O)CC(N)Cc1ccc2ccccc2c1. The van der Waals surface area contributed by atoms with E-state index in [1.807, 2.05) is 12.1 Å². The first-order valence-electron chi connectivity index (χ1n) is 5.99. The van der Waals surface area contributed by atoms with Crippen molar-refractivity contribution in [3.8, 4) is 0 Å². The van der Waals surface area contributed by atoms with Crippen molar-refractivity contribution >= 4 is 16.7 Å². The van der Waals surface area contributed by atoms with E-state index in [1.54, 1.807) is 0 Å². The van der Waals surface area contributed by atoms with Crippen LogP contribution in [-0.4, -0.2) is 19.1 Å². The summed E-state index contributed by atoms with van der Waals surface area (Å²) in [4.78, 5) is 11.1. The molecule has 0 heterocycles. The molecule has 0 aliphatic rings. The van der Waals surface area contributed by atoms with Gasteiger partial charge in [-0.1, -0.05) is 42.5 Å². The highest BCUT2D eigenvalue weighted by molar-refractivity contribution is 5.83. The second kappa shape index (κ2) is 5.65. The van der Waals surface area contributed by atoms with Gasteiger partial charge in [0.05, 0.1) is 13.5 Å². The van der Waals surface area contributed by atoms with E-state index in [4.69, 9.17) is 5.73 Å². The van der Waals surface area contributed by atoms with Crippen molar-refractivity contribution in [1.82, 2.24) is 0 Å². The van der Waals surface area contributed by atoms with Gasteiger partial charge in [0.25, 0.3) is 0 Å². The average molecular weight is 243 g/mol. The Morgan fingerprint density at radius 1 is 1.22 bits per heavy atom. The predicted molar refractivity (Wildman–Crippen MR) is 72.3 cm³/mol. The van der Waals surface area contributed by atoms with Crippen molar-refractivity contribution in [2.75, 3.05) is 7.11 Å². The summed E-state index contributed by atoms with van der Waals surface area (Å²) in [5.41, 5.74) is 7.07. The molecule has 3 nitrogen and oxygen atoms in total. The third kappa shape index (κ3) is 3.08. The van der Waals surface area contributed by atoms with Gasteiger partial charge in [0.2, 0.25) is 0 Å². The fourth-order valence-electron chi connectivity index (χ4n) is 2.04. The van der Waals surface area contributed by atoms with Gasteiger partial charge in [0.1, 0.15) is 0 Å². The Balaban J connectivity index is 2.09. The van der Waals surface area contributed by atoms with E-state index >= 15 is 0 Å². The lowest BCUT2D eigenvalue weighted by Crippen LogP contribution is -2.26. The highest BCUT2D eigenvalue weighted by Crippen LogP contribution is 2.16. The van der Waals surface area contributed by atoms with E-state index in [-0.39, 0.29) is 18.4 Å². The van der Waals surface area contributed by atoms with E-state index in [0.717, 1.165) is 5.56 Å². The van der Waals surface area contributed by atoms with Gasteiger partial charge in [-0.2, -0.15) is 0 Å². The van der Waals surface area contributed by atoms with Crippen LogP contribution in [0.15, 0.2) is 42.5 Å². The number of rotatable bonds is 4. The molecule has 0 aromatic heterocycles. The number of carbonyl (C=O) groups is 1. The van der Waals surface area contributed by atoms with Crippen LogP contribution < -0.4 is 5.73 Å². The van der Waals surface area contributed by atoms with Gasteiger partial charge in [-0.3, -0.25) is 4.79 Å². The molecular formula is C15H17NO2. The van der Waals surface area contributed by atoms with E-state index in [9.17, 15) is 4.79 Å². The molecule has 94 valence electrons. The number of methoxy groups -OCH3 is 1. The minimum atomic E-state index is -0.261. The second-order valence-electron chi connectivity index (χ2n) is 4.43. The largest absolute Gasteiger partial charge is 0.469 e. The Labute approximate surface area is 107 Å². The first kappa shape index (κ1) is 12.6. The van der Waals surface area contributed by atoms with Crippen molar-refractivity contribution in [1.29, 1.82) is 0 Å². The lowest BCUT2D eigenvalue weighted by atomic mass is 10.0. The number of hydrogen-bond acceptors (Lipinski definition) is 3. The molecule has 0 saturated carbocycles.